The van der Waals surface area contributed by atoms with Gasteiger partial charge in [-0.2, -0.15) is 0 Å². The van der Waals surface area contributed by atoms with Crippen LogP contribution in [0.3, 0.4) is 0 Å². The maximum absolute atomic E-state index is 13.0. The second-order valence-electron chi connectivity index (χ2n) is 7.02. The SMILES string of the molecule is CCc1noc(CC)c1CNC(=O)[C@@H]1CCCN1c1ncnc2ccccc12. The normalized spacial score (nSPS) is 16.6. The number of rotatable bonds is 6. The van der Waals surface area contributed by atoms with E-state index in [2.05, 4.69) is 25.3 Å². The standard InChI is InChI=1S/C21H25N5O2/c1-3-16-15(19(4-2)28-25-16)12-22-21(27)18-10-7-11-26(18)20-14-8-5-6-9-17(14)23-13-24-20/h5-6,8-9,13,18H,3-4,7,10-12H2,1-2H3,(H,22,27)/t18-/m0/s1. The number of nitrogens with one attached hydrogen (secondary N) is 1. The van der Waals surface area contributed by atoms with Crippen molar-refractivity contribution in [3.05, 3.63) is 47.6 Å². The highest BCUT2D eigenvalue weighted by Crippen LogP contribution is 2.29. The lowest BCUT2D eigenvalue weighted by molar-refractivity contribution is -0.122. The van der Waals surface area contributed by atoms with Crippen LogP contribution < -0.4 is 10.2 Å². The van der Waals surface area contributed by atoms with Crippen molar-refractivity contribution < 1.29 is 9.32 Å². The highest BCUT2D eigenvalue weighted by molar-refractivity contribution is 5.93. The highest BCUT2D eigenvalue weighted by atomic mass is 16.5. The van der Waals surface area contributed by atoms with E-state index in [0.29, 0.717) is 6.54 Å². The number of carbonyl (C=O) groups excluding carboxylic acids is 1. The van der Waals surface area contributed by atoms with Crippen molar-refractivity contribution in [1.82, 2.24) is 20.4 Å². The van der Waals surface area contributed by atoms with Crippen molar-refractivity contribution in [3.63, 3.8) is 0 Å². The van der Waals surface area contributed by atoms with Crippen molar-refractivity contribution in [2.75, 3.05) is 11.4 Å². The minimum absolute atomic E-state index is 0.0190. The van der Waals surface area contributed by atoms with E-state index in [4.69, 9.17) is 4.52 Å². The fraction of sp³-hybridized carbons (Fsp3) is 0.429. The zero-order chi connectivity index (χ0) is 19.5. The van der Waals surface area contributed by atoms with Gasteiger partial charge in [-0.15, -0.1) is 0 Å². The van der Waals surface area contributed by atoms with Crippen LogP contribution >= 0.6 is 0 Å². The molecule has 0 spiro atoms. The van der Waals surface area contributed by atoms with Crippen LogP contribution in [0.4, 0.5) is 5.82 Å². The summed E-state index contributed by atoms with van der Waals surface area (Å²) in [5, 5.41) is 8.20. The number of para-hydroxylation sites is 1. The van der Waals surface area contributed by atoms with Crippen LogP contribution in [-0.2, 0) is 24.2 Å². The summed E-state index contributed by atoms with van der Waals surface area (Å²) in [6, 6.07) is 7.69. The van der Waals surface area contributed by atoms with Crippen molar-refractivity contribution in [3.8, 4) is 0 Å². The zero-order valence-corrected chi connectivity index (χ0v) is 16.3. The van der Waals surface area contributed by atoms with Gasteiger partial charge in [0.2, 0.25) is 5.91 Å². The molecule has 1 saturated heterocycles. The van der Waals surface area contributed by atoms with E-state index in [1.54, 1.807) is 6.33 Å². The average molecular weight is 379 g/mol. The molecular weight excluding hydrogens is 354 g/mol. The van der Waals surface area contributed by atoms with E-state index in [0.717, 1.165) is 66.0 Å². The average Bonchev–Trinajstić information content (AvgIpc) is 3.38. The van der Waals surface area contributed by atoms with Gasteiger partial charge in [-0.3, -0.25) is 4.79 Å². The third-order valence-electron chi connectivity index (χ3n) is 5.40. The van der Waals surface area contributed by atoms with Crippen LogP contribution in [0.2, 0.25) is 0 Å². The Morgan fingerprint density at radius 1 is 1.25 bits per heavy atom. The number of hydrogen-bond acceptors (Lipinski definition) is 6. The summed E-state index contributed by atoms with van der Waals surface area (Å²) in [7, 11) is 0. The molecule has 0 saturated carbocycles. The Hall–Kier alpha value is -2.96. The summed E-state index contributed by atoms with van der Waals surface area (Å²) in [6.07, 6.45) is 4.90. The molecule has 0 aliphatic carbocycles. The maximum atomic E-state index is 13.0. The van der Waals surface area contributed by atoms with Gasteiger partial charge in [0.25, 0.3) is 0 Å². The number of hydrogen-bond donors (Lipinski definition) is 1. The topological polar surface area (TPSA) is 84.2 Å². The smallest absolute Gasteiger partial charge is 0.243 e. The first-order chi connectivity index (χ1) is 13.7. The van der Waals surface area contributed by atoms with Crippen molar-refractivity contribution in [1.29, 1.82) is 0 Å². The van der Waals surface area contributed by atoms with Crippen molar-refractivity contribution in [2.24, 2.45) is 0 Å². The van der Waals surface area contributed by atoms with Gasteiger partial charge in [-0.05, 0) is 31.4 Å². The number of aryl methyl sites for hydroxylation is 2. The quantitative estimate of drug-likeness (QED) is 0.709. The number of carbonyl (C=O) groups is 1. The van der Waals surface area contributed by atoms with Gasteiger partial charge in [0.15, 0.2) is 0 Å². The molecular formula is C21H25N5O2. The van der Waals surface area contributed by atoms with Crippen LogP contribution in [0.5, 0.6) is 0 Å². The Kier molecular flexibility index (Phi) is 5.23. The van der Waals surface area contributed by atoms with Crippen LogP contribution in [0.1, 0.15) is 43.7 Å². The summed E-state index contributed by atoms with van der Waals surface area (Å²) in [4.78, 5) is 23.9. The van der Waals surface area contributed by atoms with Gasteiger partial charge in [0.1, 0.15) is 23.9 Å². The molecule has 1 N–H and O–H groups in total. The molecule has 4 rings (SSSR count). The van der Waals surface area contributed by atoms with Crippen molar-refractivity contribution >= 4 is 22.6 Å². The van der Waals surface area contributed by atoms with E-state index < -0.39 is 0 Å². The van der Waals surface area contributed by atoms with Crippen LogP contribution in [-0.4, -0.2) is 33.6 Å². The second-order valence-corrected chi connectivity index (χ2v) is 7.02. The third-order valence-corrected chi connectivity index (χ3v) is 5.40. The largest absolute Gasteiger partial charge is 0.361 e. The fourth-order valence-electron chi connectivity index (χ4n) is 3.94. The first-order valence-electron chi connectivity index (χ1n) is 9.93. The first-order valence-corrected chi connectivity index (χ1v) is 9.93. The monoisotopic (exact) mass is 379 g/mol. The molecule has 1 aromatic carbocycles. The molecule has 1 aliphatic rings. The minimum Gasteiger partial charge on any atom is -0.361 e. The summed E-state index contributed by atoms with van der Waals surface area (Å²) >= 11 is 0. The number of benzene rings is 1. The molecule has 3 heterocycles. The zero-order valence-electron chi connectivity index (χ0n) is 16.3. The lowest BCUT2D eigenvalue weighted by Gasteiger charge is -2.25. The van der Waals surface area contributed by atoms with E-state index in [1.165, 1.54) is 0 Å². The molecule has 7 nitrogen and oxygen atoms in total. The number of anilines is 1. The molecule has 0 radical (unpaired) electrons. The highest BCUT2D eigenvalue weighted by Gasteiger charge is 2.32. The second kappa shape index (κ2) is 7.96. The summed E-state index contributed by atoms with van der Waals surface area (Å²) in [5.41, 5.74) is 2.82. The lowest BCUT2D eigenvalue weighted by Crippen LogP contribution is -2.43. The molecule has 0 bridgehead atoms. The lowest BCUT2D eigenvalue weighted by atomic mass is 10.1. The van der Waals surface area contributed by atoms with Crippen molar-refractivity contribution in [2.45, 2.75) is 52.1 Å². The summed E-state index contributed by atoms with van der Waals surface area (Å²) < 4.78 is 5.40. The van der Waals surface area contributed by atoms with E-state index in [9.17, 15) is 4.79 Å². The third kappa shape index (κ3) is 3.32. The Balaban J connectivity index is 1.54. The molecule has 1 aliphatic heterocycles. The number of fused-ring (bicyclic) bond motifs is 1. The van der Waals surface area contributed by atoms with Gasteiger partial charge in [-0.1, -0.05) is 31.1 Å². The number of aromatic nitrogens is 3. The summed E-state index contributed by atoms with van der Waals surface area (Å²) in [6.45, 7) is 5.34. The van der Waals surface area contributed by atoms with Gasteiger partial charge in [0.05, 0.1) is 11.2 Å². The van der Waals surface area contributed by atoms with Crippen LogP contribution in [0, 0.1) is 0 Å². The predicted molar refractivity (Wildman–Crippen MR) is 107 cm³/mol. The summed E-state index contributed by atoms with van der Waals surface area (Å²) in [5.74, 6) is 1.70. The minimum atomic E-state index is -0.228. The van der Waals surface area contributed by atoms with E-state index in [-0.39, 0.29) is 11.9 Å². The predicted octanol–water partition coefficient (Wildman–Crippen LogP) is 3.03. The number of nitrogens with zero attached hydrogens (tertiary/aromatic N) is 4. The number of amides is 1. The molecule has 2 aromatic heterocycles. The molecule has 7 heteroatoms. The Bertz CT molecular complexity index is 957. The molecule has 3 aromatic rings. The molecule has 1 atom stereocenters. The fourth-order valence-corrected chi connectivity index (χ4v) is 3.94. The molecule has 0 unspecified atom stereocenters. The Morgan fingerprint density at radius 2 is 2.11 bits per heavy atom. The van der Waals surface area contributed by atoms with E-state index in [1.807, 2.05) is 38.1 Å². The van der Waals surface area contributed by atoms with Gasteiger partial charge >= 0.3 is 0 Å². The van der Waals surface area contributed by atoms with Crippen LogP contribution in [0.25, 0.3) is 10.9 Å². The molecule has 1 amide bonds. The Labute approximate surface area is 164 Å². The molecule has 146 valence electrons. The first kappa shape index (κ1) is 18.4. The Morgan fingerprint density at radius 3 is 2.93 bits per heavy atom. The van der Waals surface area contributed by atoms with Gasteiger partial charge in [-0.25, -0.2) is 9.97 Å². The van der Waals surface area contributed by atoms with E-state index >= 15 is 0 Å². The molecule has 28 heavy (non-hydrogen) atoms. The van der Waals surface area contributed by atoms with Gasteiger partial charge in [0, 0.05) is 30.5 Å². The van der Waals surface area contributed by atoms with Gasteiger partial charge < -0.3 is 14.7 Å². The van der Waals surface area contributed by atoms with Crippen LogP contribution in [0.15, 0.2) is 35.1 Å². The maximum Gasteiger partial charge on any atom is 0.243 e. The molecule has 1 fully saturated rings.